The quantitative estimate of drug-likeness (QED) is 0.471. The highest BCUT2D eigenvalue weighted by atomic mass is 32.3. The van der Waals surface area contributed by atoms with Crippen LogP contribution in [0, 0.1) is 0 Å². The highest BCUT2D eigenvalue weighted by molar-refractivity contribution is 8.41. The minimum absolute atomic E-state index is 0.0423. The van der Waals surface area contributed by atoms with Gasteiger partial charge in [0, 0.05) is 22.8 Å². The number of thioether (sulfide) groups is 1. The van der Waals surface area contributed by atoms with E-state index in [2.05, 4.69) is 0 Å². The van der Waals surface area contributed by atoms with Crippen LogP contribution in [0.5, 0.6) is 0 Å². The van der Waals surface area contributed by atoms with Crippen molar-refractivity contribution in [1.29, 1.82) is 0 Å². The summed E-state index contributed by atoms with van der Waals surface area (Å²) >= 11 is 1.15. The van der Waals surface area contributed by atoms with Gasteiger partial charge in [0.2, 0.25) is 0 Å². The van der Waals surface area contributed by atoms with Crippen LogP contribution in [-0.4, -0.2) is 35.8 Å². The normalized spacial score (nSPS) is 25.2. The average Bonchev–Trinajstić information content (AvgIpc) is 3.04. The van der Waals surface area contributed by atoms with Gasteiger partial charge >= 0.3 is 15.6 Å². The SMILES string of the molecule is O=C(c1ccccc1)C1SCCS1(Cc1ccccc1)OS(=O)(=O)C(F)(F)F. The van der Waals surface area contributed by atoms with E-state index in [4.69, 9.17) is 3.63 Å². The van der Waals surface area contributed by atoms with Crippen molar-refractivity contribution >= 4 is 38.0 Å². The second-order valence-electron chi connectivity index (χ2n) is 6.10. The lowest BCUT2D eigenvalue weighted by Crippen LogP contribution is -2.32. The number of hydrogen-bond acceptors (Lipinski definition) is 5. The molecule has 0 saturated carbocycles. The van der Waals surface area contributed by atoms with Crippen molar-refractivity contribution < 1.29 is 30.0 Å². The molecule has 2 atom stereocenters. The second-order valence-corrected chi connectivity index (χ2v) is 12.4. The van der Waals surface area contributed by atoms with Gasteiger partial charge in [-0.1, -0.05) is 71.0 Å². The van der Waals surface area contributed by atoms with Gasteiger partial charge in [0.05, 0.1) is 0 Å². The molecule has 28 heavy (non-hydrogen) atoms. The van der Waals surface area contributed by atoms with Gasteiger partial charge in [-0.3, -0.25) is 4.79 Å². The Labute approximate surface area is 167 Å². The minimum Gasteiger partial charge on any atom is -0.292 e. The van der Waals surface area contributed by atoms with Gasteiger partial charge in [0.1, 0.15) is 4.58 Å². The molecule has 0 spiro atoms. The van der Waals surface area contributed by atoms with Crippen molar-refractivity contribution in [3.63, 3.8) is 0 Å². The summed E-state index contributed by atoms with van der Waals surface area (Å²) in [6.45, 7) is 0. The standard InChI is InChI=1S/C18H17F3O4S3/c19-18(20,21)28(23,24)25-27(13-14-7-3-1-4-8-14)12-11-26-17(27)16(22)15-9-5-2-6-10-15/h1-10,17H,11-13H2. The number of benzene rings is 2. The molecule has 1 aliphatic heterocycles. The molecule has 1 aliphatic rings. The number of alkyl halides is 3. The molecule has 0 aliphatic carbocycles. The van der Waals surface area contributed by atoms with Crippen LogP contribution in [0.3, 0.4) is 0 Å². The number of halogens is 3. The minimum atomic E-state index is -5.84. The van der Waals surface area contributed by atoms with Gasteiger partial charge in [0.25, 0.3) is 0 Å². The monoisotopic (exact) mass is 450 g/mol. The van der Waals surface area contributed by atoms with E-state index in [1.165, 1.54) is 0 Å². The maximum atomic E-state index is 13.1. The van der Waals surface area contributed by atoms with E-state index in [9.17, 15) is 26.4 Å². The Bertz CT molecular complexity index is 934. The van der Waals surface area contributed by atoms with E-state index in [1.54, 1.807) is 60.7 Å². The molecule has 4 nitrogen and oxygen atoms in total. The van der Waals surface area contributed by atoms with E-state index in [0.29, 0.717) is 16.9 Å². The number of ketones is 1. The Kier molecular flexibility index (Phi) is 6.14. The summed E-state index contributed by atoms with van der Waals surface area (Å²) in [7, 11) is -8.77. The van der Waals surface area contributed by atoms with E-state index >= 15 is 0 Å². The molecule has 1 heterocycles. The highest BCUT2D eigenvalue weighted by Gasteiger charge is 2.55. The molecule has 0 bridgehead atoms. The summed E-state index contributed by atoms with van der Waals surface area (Å²) in [5.74, 6) is -0.0186. The van der Waals surface area contributed by atoms with Gasteiger partial charge in [-0.05, 0) is 5.56 Å². The molecule has 10 heteroatoms. The number of carbonyl (C=O) groups excluding carboxylic acids is 1. The Balaban J connectivity index is 2.03. The smallest absolute Gasteiger partial charge is 0.292 e. The maximum Gasteiger partial charge on any atom is 0.523 e. The van der Waals surface area contributed by atoms with Crippen LogP contribution in [0.2, 0.25) is 0 Å². The number of Topliss-reactive ketones (excluding diaryl/α,β-unsaturated/α-hetero) is 1. The van der Waals surface area contributed by atoms with Crippen molar-refractivity contribution in [1.82, 2.24) is 0 Å². The van der Waals surface area contributed by atoms with Crippen molar-refractivity contribution in [3.05, 3.63) is 71.8 Å². The Hall–Kier alpha value is -1.49. The Morgan fingerprint density at radius 1 is 1.07 bits per heavy atom. The molecular weight excluding hydrogens is 433 g/mol. The topological polar surface area (TPSA) is 60.4 Å². The first kappa shape index (κ1) is 21.2. The summed E-state index contributed by atoms with van der Waals surface area (Å²) in [5, 5.41) is 0. The summed E-state index contributed by atoms with van der Waals surface area (Å²) in [5.41, 5.74) is -4.60. The summed E-state index contributed by atoms with van der Waals surface area (Å²) < 4.78 is 66.8. The van der Waals surface area contributed by atoms with E-state index in [0.717, 1.165) is 11.8 Å². The molecule has 2 aromatic carbocycles. The summed E-state index contributed by atoms with van der Waals surface area (Å²) in [6.07, 6.45) is 0. The fraction of sp³-hybridized carbons (Fsp3) is 0.278. The zero-order valence-corrected chi connectivity index (χ0v) is 16.9. The lowest BCUT2D eigenvalue weighted by molar-refractivity contribution is -0.0496. The van der Waals surface area contributed by atoms with Gasteiger partial charge < -0.3 is 0 Å². The largest absolute Gasteiger partial charge is 0.523 e. The Morgan fingerprint density at radius 2 is 1.64 bits per heavy atom. The molecule has 0 aromatic heterocycles. The third-order valence-electron chi connectivity index (χ3n) is 4.12. The molecule has 2 aromatic rings. The third kappa shape index (κ3) is 4.40. The molecule has 2 unspecified atom stereocenters. The number of rotatable bonds is 6. The highest BCUT2D eigenvalue weighted by Crippen LogP contribution is 2.66. The predicted octanol–water partition coefficient (Wildman–Crippen LogP) is 4.73. The Morgan fingerprint density at radius 3 is 2.21 bits per heavy atom. The zero-order valence-electron chi connectivity index (χ0n) is 14.5. The van der Waals surface area contributed by atoms with Gasteiger partial charge in [-0.2, -0.15) is 21.6 Å². The maximum absolute atomic E-state index is 13.1. The molecule has 0 N–H and O–H groups in total. The molecule has 3 rings (SSSR count). The van der Waals surface area contributed by atoms with Crippen LogP contribution in [0.25, 0.3) is 0 Å². The number of hydrogen-bond donors (Lipinski definition) is 0. The molecular formula is C18H17F3O4S3. The fourth-order valence-corrected chi connectivity index (χ4v) is 11.2. The average molecular weight is 451 g/mol. The molecule has 152 valence electrons. The fourth-order valence-electron chi connectivity index (χ4n) is 2.85. The molecule has 0 radical (unpaired) electrons. The molecule has 1 fully saturated rings. The van der Waals surface area contributed by atoms with E-state index in [1.807, 2.05) is 0 Å². The second kappa shape index (κ2) is 8.10. The molecule has 1 saturated heterocycles. The first-order chi connectivity index (χ1) is 13.1. The van der Waals surface area contributed by atoms with Crippen LogP contribution in [-0.2, 0) is 19.5 Å². The van der Waals surface area contributed by atoms with Crippen molar-refractivity contribution in [3.8, 4) is 0 Å². The third-order valence-corrected chi connectivity index (χ3v) is 11.9. The van der Waals surface area contributed by atoms with Crippen molar-refractivity contribution in [2.24, 2.45) is 0 Å². The zero-order chi connectivity index (χ0) is 20.4. The van der Waals surface area contributed by atoms with Crippen molar-refractivity contribution in [2.45, 2.75) is 15.8 Å². The van der Waals surface area contributed by atoms with E-state index < -0.39 is 36.3 Å². The number of carbonyl (C=O) groups is 1. The summed E-state index contributed by atoms with van der Waals surface area (Å²) in [4.78, 5) is 13.0. The molecule has 0 amide bonds. The van der Waals surface area contributed by atoms with E-state index in [-0.39, 0.29) is 11.5 Å². The van der Waals surface area contributed by atoms with Crippen LogP contribution >= 0.6 is 22.1 Å². The lowest BCUT2D eigenvalue weighted by Gasteiger charge is -2.38. The van der Waals surface area contributed by atoms with Crippen molar-refractivity contribution in [2.75, 3.05) is 11.5 Å². The first-order valence-corrected chi connectivity index (χ1v) is 12.6. The van der Waals surface area contributed by atoms with Crippen LogP contribution < -0.4 is 0 Å². The van der Waals surface area contributed by atoms with Gasteiger partial charge in [0.15, 0.2) is 5.78 Å². The summed E-state index contributed by atoms with van der Waals surface area (Å²) in [6, 6.07) is 16.7. The first-order valence-electron chi connectivity index (χ1n) is 8.19. The lowest BCUT2D eigenvalue weighted by atomic mass is 10.1. The van der Waals surface area contributed by atoms with Gasteiger partial charge in [-0.15, -0.1) is 11.8 Å². The van der Waals surface area contributed by atoms with Crippen LogP contribution in [0.4, 0.5) is 13.2 Å². The van der Waals surface area contributed by atoms with Crippen LogP contribution in [0.15, 0.2) is 60.7 Å². The van der Waals surface area contributed by atoms with Crippen LogP contribution in [0.1, 0.15) is 15.9 Å². The van der Waals surface area contributed by atoms with Gasteiger partial charge in [-0.25, -0.2) is 3.63 Å². The predicted molar refractivity (Wildman–Crippen MR) is 106 cm³/mol.